The molecular formula is C14H18N2O2. The largest absolute Gasteiger partial charge is 0.496 e. The predicted molar refractivity (Wildman–Crippen MR) is 69.3 cm³/mol. The Labute approximate surface area is 108 Å². The molecule has 96 valence electrons. The normalized spacial score (nSPS) is 11.7. The quantitative estimate of drug-likeness (QED) is 0.867. The lowest BCUT2D eigenvalue weighted by Crippen LogP contribution is -2.34. The number of nitrogens with one attached hydrogen (secondary N) is 1. The number of carbonyl (C=O) groups excluding carboxylic acids is 1. The zero-order chi connectivity index (χ0) is 13.5. The summed E-state index contributed by atoms with van der Waals surface area (Å²) in [5.41, 5.74) is 0.448. The van der Waals surface area contributed by atoms with Crippen LogP contribution in [-0.2, 0) is 0 Å². The van der Waals surface area contributed by atoms with Crippen molar-refractivity contribution in [2.75, 3.05) is 7.11 Å². The highest BCUT2D eigenvalue weighted by molar-refractivity contribution is 5.97. The van der Waals surface area contributed by atoms with Crippen LogP contribution in [0.3, 0.4) is 0 Å². The zero-order valence-electron chi connectivity index (χ0n) is 10.9. The summed E-state index contributed by atoms with van der Waals surface area (Å²) in [5.74, 6) is 0.587. The van der Waals surface area contributed by atoms with E-state index in [0.717, 1.165) is 0 Å². The third kappa shape index (κ3) is 3.77. The number of benzene rings is 1. The van der Waals surface area contributed by atoms with Crippen LogP contribution in [0.2, 0.25) is 0 Å². The number of para-hydroxylation sites is 1. The van der Waals surface area contributed by atoms with Crippen molar-refractivity contribution >= 4 is 5.91 Å². The summed E-state index contributed by atoms with van der Waals surface area (Å²) in [7, 11) is 1.52. The lowest BCUT2D eigenvalue weighted by molar-refractivity contribution is 0.0939. The van der Waals surface area contributed by atoms with Crippen molar-refractivity contribution < 1.29 is 9.53 Å². The smallest absolute Gasteiger partial charge is 0.256 e. The van der Waals surface area contributed by atoms with Crippen LogP contribution in [0.15, 0.2) is 24.3 Å². The van der Waals surface area contributed by atoms with Crippen molar-refractivity contribution in [1.29, 1.82) is 5.26 Å². The SMILES string of the molecule is COc1ccccc1C(=O)NC(C#N)CC(C)C. The first-order chi connectivity index (χ1) is 8.58. The molecule has 0 fully saturated rings. The number of nitriles is 1. The lowest BCUT2D eigenvalue weighted by atomic mass is 10.0. The van der Waals surface area contributed by atoms with Gasteiger partial charge in [-0.3, -0.25) is 4.79 Å². The molecule has 1 atom stereocenters. The molecule has 0 saturated carbocycles. The molecule has 0 saturated heterocycles. The summed E-state index contributed by atoms with van der Waals surface area (Å²) in [4.78, 5) is 12.0. The van der Waals surface area contributed by atoms with E-state index in [1.807, 2.05) is 13.8 Å². The maximum atomic E-state index is 12.0. The van der Waals surface area contributed by atoms with Gasteiger partial charge in [0.25, 0.3) is 5.91 Å². The number of carbonyl (C=O) groups is 1. The second-order valence-corrected chi connectivity index (χ2v) is 4.48. The third-order valence-electron chi connectivity index (χ3n) is 2.52. The Bertz CT molecular complexity index is 449. The Balaban J connectivity index is 2.78. The van der Waals surface area contributed by atoms with Crippen LogP contribution < -0.4 is 10.1 Å². The fourth-order valence-electron chi connectivity index (χ4n) is 1.68. The van der Waals surface area contributed by atoms with E-state index in [1.54, 1.807) is 24.3 Å². The van der Waals surface area contributed by atoms with Gasteiger partial charge in [-0.25, -0.2) is 0 Å². The van der Waals surface area contributed by atoms with E-state index in [-0.39, 0.29) is 5.91 Å². The Morgan fingerprint density at radius 3 is 2.67 bits per heavy atom. The van der Waals surface area contributed by atoms with E-state index in [2.05, 4.69) is 11.4 Å². The number of hydrogen-bond acceptors (Lipinski definition) is 3. The Morgan fingerprint density at radius 2 is 2.11 bits per heavy atom. The number of amides is 1. The van der Waals surface area contributed by atoms with Crippen molar-refractivity contribution in [2.45, 2.75) is 26.3 Å². The molecule has 0 bridgehead atoms. The van der Waals surface area contributed by atoms with Crippen molar-refractivity contribution in [3.8, 4) is 11.8 Å². The summed E-state index contributed by atoms with van der Waals surface area (Å²) in [5, 5.41) is 11.7. The van der Waals surface area contributed by atoms with Crippen LogP contribution in [0.5, 0.6) is 5.75 Å². The average Bonchev–Trinajstić information content (AvgIpc) is 2.37. The summed E-state index contributed by atoms with van der Waals surface area (Å²) in [6.45, 7) is 4.03. The van der Waals surface area contributed by atoms with Gasteiger partial charge in [0.05, 0.1) is 18.7 Å². The molecule has 0 aromatic heterocycles. The number of rotatable bonds is 5. The van der Waals surface area contributed by atoms with Crippen LogP contribution in [-0.4, -0.2) is 19.1 Å². The first-order valence-electron chi connectivity index (χ1n) is 5.92. The van der Waals surface area contributed by atoms with Crippen molar-refractivity contribution in [3.05, 3.63) is 29.8 Å². The lowest BCUT2D eigenvalue weighted by Gasteiger charge is -2.14. The van der Waals surface area contributed by atoms with Gasteiger partial charge in [-0.2, -0.15) is 5.26 Å². The molecule has 1 rings (SSSR count). The van der Waals surface area contributed by atoms with Crippen LogP contribution >= 0.6 is 0 Å². The van der Waals surface area contributed by atoms with Crippen LogP contribution in [0.1, 0.15) is 30.6 Å². The number of hydrogen-bond donors (Lipinski definition) is 1. The van der Waals surface area contributed by atoms with Gasteiger partial charge in [-0.1, -0.05) is 26.0 Å². The highest BCUT2D eigenvalue weighted by Gasteiger charge is 2.17. The summed E-state index contributed by atoms with van der Waals surface area (Å²) >= 11 is 0. The van der Waals surface area contributed by atoms with Gasteiger partial charge >= 0.3 is 0 Å². The molecule has 0 aliphatic rings. The predicted octanol–water partition coefficient (Wildman–Crippen LogP) is 2.36. The molecule has 1 unspecified atom stereocenters. The molecule has 1 aromatic rings. The van der Waals surface area contributed by atoms with Crippen molar-refractivity contribution in [3.63, 3.8) is 0 Å². The van der Waals surface area contributed by atoms with Gasteiger partial charge in [-0.05, 0) is 24.5 Å². The minimum atomic E-state index is -0.470. The van der Waals surface area contributed by atoms with Gasteiger partial charge in [0.2, 0.25) is 0 Å². The molecule has 0 aliphatic heterocycles. The van der Waals surface area contributed by atoms with E-state index in [1.165, 1.54) is 7.11 Å². The van der Waals surface area contributed by atoms with E-state index in [9.17, 15) is 4.79 Å². The fraction of sp³-hybridized carbons (Fsp3) is 0.429. The van der Waals surface area contributed by atoms with Crippen molar-refractivity contribution in [2.24, 2.45) is 5.92 Å². The van der Waals surface area contributed by atoms with E-state index >= 15 is 0 Å². The first kappa shape index (κ1) is 14.0. The third-order valence-corrected chi connectivity index (χ3v) is 2.52. The molecule has 1 aromatic carbocycles. The molecule has 4 nitrogen and oxygen atoms in total. The number of nitrogens with zero attached hydrogens (tertiary/aromatic N) is 1. The Morgan fingerprint density at radius 1 is 1.44 bits per heavy atom. The number of ether oxygens (including phenoxy) is 1. The van der Waals surface area contributed by atoms with Gasteiger partial charge in [0, 0.05) is 0 Å². The highest BCUT2D eigenvalue weighted by atomic mass is 16.5. The minimum absolute atomic E-state index is 0.278. The van der Waals surface area contributed by atoms with E-state index < -0.39 is 6.04 Å². The number of methoxy groups -OCH3 is 1. The highest BCUT2D eigenvalue weighted by Crippen LogP contribution is 2.17. The molecule has 4 heteroatoms. The van der Waals surface area contributed by atoms with E-state index in [4.69, 9.17) is 10.00 Å². The van der Waals surface area contributed by atoms with Crippen molar-refractivity contribution in [1.82, 2.24) is 5.32 Å². The van der Waals surface area contributed by atoms with Gasteiger partial charge in [0.1, 0.15) is 11.8 Å². The molecule has 0 heterocycles. The van der Waals surface area contributed by atoms with Gasteiger partial charge in [0.15, 0.2) is 0 Å². The molecule has 1 N–H and O–H groups in total. The topological polar surface area (TPSA) is 62.1 Å². The average molecular weight is 246 g/mol. The fourth-order valence-corrected chi connectivity index (χ4v) is 1.68. The standard InChI is InChI=1S/C14H18N2O2/c1-10(2)8-11(9-15)16-14(17)12-6-4-5-7-13(12)18-3/h4-7,10-11H,8H2,1-3H3,(H,16,17). The first-order valence-corrected chi connectivity index (χ1v) is 5.92. The van der Waals surface area contributed by atoms with Gasteiger partial charge in [-0.15, -0.1) is 0 Å². The molecule has 1 amide bonds. The second-order valence-electron chi connectivity index (χ2n) is 4.48. The van der Waals surface area contributed by atoms with Crippen LogP contribution in [0, 0.1) is 17.2 Å². The Hall–Kier alpha value is -2.02. The Kier molecular flexibility index (Phi) is 5.19. The molecule has 0 aliphatic carbocycles. The van der Waals surface area contributed by atoms with Crippen LogP contribution in [0.4, 0.5) is 0 Å². The summed E-state index contributed by atoms with van der Waals surface area (Å²) in [6, 6.07) is 8.59. The molecular weight excluding hydrogens is 228 g/mol. The molecule has 18 heavy (non-hydrogen) atoms. The summed E-state index contributed by atoms with van der Waals surface area (Å²) < 4.78 is 5.12. The van der Waals surface area contributed by atoms with Gasteiger partial charge < -0.3 is 10.1 Å². The van der Waals surface area contributed by atoms with Crippen LogP contribution in [0.25, 0.3) is 0 Å². The molecule has 0 spiro atoms. The maximum absolute atomic E-state index is 12.0. The summed E-state index contributed by atoms with van der Waals surface area (Å²) in [6.07, 6.45) is 0.636. The monoisotopic (exact) mass is 246 g/mol. The molecule has 0 radical (unpaired) electrons. The maximum Gasteiger partial charge on any atom is 0.256 e. The minimum Gasteiger partial charge on any atom is -0.496 e. The zero-order valence-corrected chi connectivity index (χ0v) is 10.9. The second kappa shape index (κ2) is 6.65. The van der Waals surface area contributed by atoms with E-state index in [0.29, 0.717) is 23.7 Å².